The Morgan fingerprint density at radius 1 is 1.05 bits per heavy atom. The van der Waals surface area contributed by atoms with Crippen molar-refractivity contribution in [1.82, 2.24) is 0 Å². The molecule has 0 amide bonds. The molecule has 0 atom stereocenters. The first-order valence-corrected chi connectivity index (χ1v) is 6.35. The Balaban J connectivity index is 2.16. The summed E-state index contributed by atoms with van der Waals surface area (Å²) < 4.78 is 24.1. The molecule has 0 radical (unpaired) electrons. The molecule has 2 rings (SSSR count). The highest BCUT2D eigenvalue weighted by molar-refractivity contribution is 5.49. The van der Waals surface area contributed by atoms with Crippen molar-refractivity contribution < 1.29 is 13.9 Å². The van der Waals surface area contributed by atoms with Gasteiger partial charge in [-0.25, -0.2) is 4.39 Å². The number of aryl methyl sites for hydroxylation is 1. The largest absolute Gasteiger partial charge is 0.497 e. The summed E-state index contributed by atoms with van der Waals surface area (Å²) in [5, 5.41) is 3.09. The molecule has 0 saturated heterocycles. The van der Waals surface area contributed by atoms with Gasteiger partial charge in [0.1, 0.15) is 17.3 Å². The molecule has 0 unspecified atom stereocenters. The molecule has 0 aliphatic carbocycles. The molecule has 106 valence electrons. The van der Waals surface area contributed by atoms with Crippen molar-refractivity contribution >= 4 is 5.69 Å². The number of benzene rings is 2. The summed E-state index contributed by atoms with van der Waals surface area (Å²) in [7, 11) is 3.21. The second-order valence-electron chi connectivity index (χ2n) is 4.51. The summed E-state index contributed by atoms with van der Waals surface area (Å²) in [5.41, 5.74) is 2.44. The lowest BCUT2D eigenvalue weighted by atomic mass is 10.1. The number of hydrogen-bond acceptors (Lipinski definition) is 3. The van der Waals surface area contributed by atoms with Crippen LogP contribution in [0.3, 0.4) is 0 Å². The Morgan fingerprint density at radius 3 is 2.55 bits per heavy atom. The molecule has 20 heavy (non-hydrogen) atoms. The van der Waals surface area contributed by atoms with Crippen molar-refractivity contribution in [3.63, 3.8) is 0 Å². The fourth-order valence-corrected chi connectivity index (χ4v) is 1.96. The third kappa shape index (κ3) is 3.20. The molecule has 0 spiro atoms. The maximum atomic E-state index is 13.7. The topological polar surface area (TPSA) is 30.5 Å². The van der Waals surface area contributed by atoms with E-state index in [-0.39, 0.29) is 5.82 Å². The lowest BCUT2D eigenvalue weighted by Crippen LogP contribution is -2.03. The predicted molar refractivity (Wildman–Crippen MR) is 78.0 cm³/mol. The normalized spacial score (nSPS) is 10.2. The number of hydrogen-bond donors (Lipinski definition) is 1. The minimum Gasteiger partial charge on any atom is -0.497 e. The zero-order valence-corrected chi connectivity index (χ0v) is 11.9. The number of ether oxygens (including phenoxy) is 2. The molecule has 0 bridgehead atoms. The van der Waals surface area contributed by atoms with Gasteiger partial charge < -0.3 is 14.8 Å². The molecule has 1 N–H and O–H groups in total. The molecule has 2 aromatic carbocycles. The van der Waals surface area contributed by atoms with Crippen molar-refractivity contribution in [3.8, 4) is 11.5 Å². The van der Waals surface area contributed by atoms with Crippen LogP contribution in [0.5, 0.6) is 11.5 Å². The van der Waals surface area contributed by atoms with E-state index in [0.717, 1.165) is 16.9 Å². The number of methoxy groups -OCH3 is 2. The molecule has 0 saturated carbocycles. The van der Waals surface area contributed by atoms with Gasteiger partial charge in [0.25, 0.3) is 0 Å². The molecule has 0 heterocycles. The zero-order chi connectivity index (χ0) is 14.5. The lowest BCUT2D eigenvalue weighted by Gasteiger charge is -2.13. The van der Waals surface area contributed by atoms with Gasteiger partial charge in [0.15, 0.2) is 0 Å². The zero-order valence-electron chi connectivity index (χ0n) is 11.9. The van der Waals surface area contributed by atoms with E-state index < -0.39 is 0 Å². The van der Waals surface area contributed by atoms with Crippen LogP contribution in [-0.4, -0.2) is 14.2 Å². The molecule has 0 aliphatic heterocycles. The lowest BCUT2D eigenvalue weighted by molar-refractivity contribution is 0.391. The monoisotopic (exact) mass is 275 g/mol. The number of rotatable bonds is 5. The quantitative estimate of drug-likeness (QED) is 0.901. The van der Waals surface area contributed by atoms with E-state index in [1.54, 1.807) is 26.4 Å². The molecule has 3 nitrogen and oxygen atoms in total. The summed E-state index contributed by atoms with van der Waals surface area (Å²) in [6, 6.07) is 10.6. The van der Waals surface area contributed by atoms with Crippen molar-refractivity contribution in [3.05, 3.63) is 53.3 Å². The van der Waals surface area contributed by atoms with Crippen molar-refractivity contribution in [2.45, 2.75) is 13.5 Å². The first-order valence-electron chi connectivity index (χ1n) is 6.35. The highest BCUT2D eigenvalue weighted by Crippen LogP contribution is 2.26. The summed E-state index contributed by atoms with van der Waals surface area (Å²) in [4.78, 5) is 0. The standard InChI is InChI=1S/C16H18FNO2/c1-11-4-7-14(17)15(8-11)18-10-12-5-6-13(19-2)9-16(12)20-3/h4-9,18H,10H2,1-3H3. The highest BCUT2D eigenvalue weighted by Gasteiger charge is 2.07. The number of halogens is 1. The van der Waals surface area contributed by atoms with Gasteiger partial charge in [0.2, 0.25) is 0 Å². The molecule has 0 aromatic heterocycles. The van der Waals surface area contributed by atoms with Gasteiger partial charge in [-0.15, -0.1) is 0 Å². The average Bonchev–Trinajstić information content (AvgIpc) is 2.48. The van der Waals surface area contributed by atoms with E-state index >= 15 is 0 Å². The van der Waals surface area contributed by atoms with Crippen LogP contribution in [0.1, 0.15) is 11.1 Å². The van der Waals surface area contributed by atoms with Crippen LogP contribution in [0, 0.1) is 12.7 Å². The van der Waals surface area contributed by atoms with Crippen molar-refractivity contribution in [2.75, 3.05) is 19.5 Å². The van der Waals surface area contributed by atoms with Crippen LogP contribution >= 0.6 is 0 Å². The molecular formula is C16H18FNO2. The van der Waals surface area contributed by atoms with Crippen LogP contribution in [0.2, 0.25) is 0 Å². The summed E-state index contributed by atoms with van der Waals surface area (Å²) in [5.74, 6) is 1.18. The maximum absolute atomic E-state index is 13.7. The predicted octanol–water partition coefficient (Wildman–Crippen LogP) is 3.76. The average molecular weight is 275 g/mol. The highest BCUT2D eigenvalue weighted by atomic mass is 19.1. The second kappa shape index (κ2) is 6.28. The smallest absolute Gasteiger partial charge is 0.146 e. The minimum absolute atomic E-state index is 0.261. The molecule has 2 aromatic rings. The second-order valence-corrected chi connectivity index (χ2v) is 4.51. The van der Waals surface area contributed by atoms with Crippen LogP contribution in [0.4, 0.5) is 10.1 Å². The van der Waals surface area contributed by atoms with Gasteiger partial charge in [-0.1, -0.05) is 6.07 Å². The Hall–Kier alpha value is -2.23. The Labute approximate surface area is 118 Å². The summed E-state index contributed by atoms with van der Waals surface area (Å²) >= 11 is 0. The van der Waals surface area contributed by atoms with E-state index in [9.17, 15) is 4.39 Å². The first kappa shape index (κ1) is 14.2. The van der Waals surface area contributed by atoms with E-state index in [1.807, 2.05) is 25.1 Å². The van der Waals surface area contributed by atoms with Crippen LogP contribution in [0.15, 0.2) is 36.4 Å². The fraction of sp³-hybridized carbons (Fsp3) is 0.250. The van der Waals surface area contributed by atoms with Gasteiger partial charge >= 0.3 is 0 Å². The summed E-state index contributed by atoms with van der Waals surface area (Å²) in [6.07, 6.45) is 0. The SMILES string of the molecule is COc1ccc(CNc2cc(C)ccc2F)c(OC)c1. The van der Waals surface area contributed by atoms with Crippen molar-refractivity contribution in [2.24, 2.45) is 0 Å². The Bertz CT molecular complexity index is 599. The van der Waals surface area contributed by atoms with Crippen LogP contribution in [0.25, 0.3) is 0 Å². The fourth-order valence-electron chi connectivity index (χ4n) is 1.96. The van der Waals surface area contributed by atoms with Crippen LogP contribution < -0.4 is 14.8 Å². The van der Waals surface area contributed by atoms with E-state index in [0.29, 0.717) is 18.0 Å². The molecule has 0 aliphatic rings. The van der Waals surface area contributed by atoms with Crippen molar-refractivity contribution in [1.29, 1.82) is 0 Å². The summed E-state index contributed by atoms with van der Waals surface area (Å²) in [6.45, 7) is 2.41. The van der Waals surface area contributed by atoms with Gasteiger partial charge in [0, 0.05) is 18.2 Å². The number of nitrogens with one attached hydrogen (secondary N) is 1. The number of anilines is 1. The minimum atomic E-state index is -0.261. The van der Waals surface area contributed by atoms with Crippen LogP contribution in [-0.2, 0) is 6.54 Å². The maximum Gasteiger partial charge on any atom is 0.146 e. The third-order valence-corrected chi connectivity index (χ3v) is 3.09. The molecule has 4 heteroatoms. The third-order valence-electron chi connectivity index (χ3n) is 3.09. The Kier molecular flexibility index (Phi) is 4.45. The van der Waals surface area contributed by atoms with E-state index in [2.05, 4.69) is 5.32 Å². The molecular weight excluding hydrogens is 257 g/mol. The van der Waals surface area contributed by atoms with E-state index in [4.69, 9.17) is 9.47 Å². The first-order chi connectivity index (χ1) is 9.63. The Morgan fingerprint density at radius 2 is 1.85 bits per heavy atom. The van der Waals surface area contributed by atoms with Gasteiger partial charge in [-0.3, -0.25) is 0 Å². The van der Waals surface area contributed by atoms with E-state index in [1.165, 1.54) is 6.07 Å². The van der Waals surface area contributed by atoms with Gasteiger partial charge in [-0.05, 0) is 36.8 Å². The van der Waals surface area contributed by atoms with Gasteiger partial charge in [0.05, 0.1) is 19.9 Å². The molecule has 0 fully saturated rings. The van der Waals surface area contributed by atoms with Gasteiger partial charge in [-0.2, -0.15) is 0 Å².